The maximum atomic E-state index is 13.3. The van der Waals surface area contributed by atoms with Crippen LogP contribution >= 0.6 is 0 Å². The monoisotopic (exact) mass is 298 g/mol. The van der Waals surface area contributed by atoms with E-state index in [4.69, 9.17) is 4.74 Å². The van der Waals surface area contributed by atoms with Gasteiger partial charge in [0.2, 0.25) is 5.91 Å². The zero-order chi connectivity index (χ0) is 15.5. The van der Waals surface area contributed by atoms with Crippen molar-refractivity contribution in [2.24, 2.45) is 0 Å². The number of hydrogen-bond acceptors (Lipinski definition) is 4. The van der Waals surface area contributed by atoms with Gasteiger partial charge in [0, 0.05) is 26.1 Å². The Hall–Kier alpha value is -1.66. The van der Waals surface area contributed by atoms with E-state index in [1.165, 1.54) is 12.1 Å². The molecular formula is C15H23FN2O3. The van der Waals surface area contributed by atoms with Gasteiger partial charge in [-0.1, -0.05) is 19.1 Å². The number of rotatable bonds is 10. The lowest BCUT2D eigenvalue weighted by Crippen LogP contribution is -2.34. The van der Waals surface area contributed by atoms with Crippen molar-refractivity contribution in [3.05, 3.63) is 30.1 Å². The molecule has 118 valence electrons. The molecule has 0 aliphatic carbocycles. The highest BCUT2D eigenvalue weighted by atomic mass is 19.1. The molecule has 0 aliphatic heterocycles. The molecule has 0 bridgehead atoms. The molecule has 6 heteroatoms. The van der Waals surface area contributed by atoms with Crippen molar-refractivity contribution in [1.29, 1.82) is 0 Å². The Morgan fingerprint density at radius 1 is 1.38 bits per heavy atom. The van der Waals surface area contributed by atoms with E-state index in [-0.39, 0.29) is 24.8 Å². The van der Waals surface area contributed by atoms with Crippen LogP contribution in [0.15, 0.2) is 24.3 Å². The number of carbonyl (C=O) groups excluding carboxylic acids is 1. The van der Waals surface area contributed by atoms with Gasteiger partial charge in [-0.15, -0.1) is 0 Å². The van der Waals surface area contributed by atoms with E-state index in [0.717, 1.165) is 6.42 Å². The normalized spacial score (nSPS) is 12.0. The van der Waals surface area contributed by atoms with Crippen molar-refractivity contribution in [2.45, 2.75) is 25.9 Å². The van der Waals surface area contributed by atoms with Crippen LogP contribution in [0.4, 0.5) is 4.39 Å². The summed E-state index contributed by atoms with van der Waals surface area (Å²) in [5.74, 6) is -0.345. The summed E-state index contributed by atoms with van der Waals surface area (Å²) in [5.41, 5.74) is 0. The molecule has 0 aromatic heterocycles. The van der Waals surface area contributed by atoms with Gasteiger partial charge in [-0.3, -0.25) is 4.79 Å². The van der Waals surface area contributed by atoms with Crippen LogP contribution in [0, 0.1) is 5.82 Å². The molecule has 0 radical (unpaired) electrons. The molecule has 5 nitrogen and oxygen atoms in total. The average Bonchev–Trinajstić information content (AvgIpc) is 2.48. The van der Waals surface area contributed by atoms with E-state index in [9.17, 15) is 14.3 Å². The molecule has 3 N–H and O–H groups in total. The maximum Gasteiger partial charge on any atom is 0.221 e. The highest BCUT2D eigenvalue weighted by Gasteiger charge is 2.08. The Kier molecular flexibility index (Phi) is 8.38. The van der Waals surface area contributed by atoms with Gasteiger partial charge in [0.1, 0.15) is 12.7 Å². The smallest absolute Gasteiger partial charge is 0.221 e. The van der Waals surface area contributed by atoms with Gasteiger partial charge >= 0.3 is 0 Å². The second kappa shape index (κ2) is 10.1. The maximum absolute atomic E-state index is 13.3. The third-order valence-corrected chi connectivity index (χ3v) is 2.75. The Labute approximate surface area is 124 Å². The van der Waals surface area contributed by atoms with Gasteiger partial charge in [-0.25, -0.2) is 4.39 Å². The lowest BCUT2D eigenvalue weighted by atomic mass is 10.3. The van der Waals surface area contributed by atoms with Gasteiger partial charge in [0.15, 0.2) is 11.6 Å². The minimum Gasteiger partial charge on any atom is -0.488 e. The van der Waals surface area contributed by atoms with Gasteiger partial charge < -0.3 is 20.5 Å². The van der Waals surface area contributed by atoms with Crippen molar-refractivity contribution < 1.29 is 19.0 Å². The third kappa shape index (κ3) is 7.63. The number of benzene rings is 1. The number of ether oxygens (including phenoxy) is 1. The predicted octanol–water partition coefficient (Wildman–Crippen LogP) is 1.07. The van der Waals surface area contributed by atoms with Crippen LogP contribution in [-0.2, 0) is 4.79 Å². The molecular weight excluding hydrogens is 275 g/mol. The fourth-order valence-corrected chi connectivity index (χ4v) is 1.63. The molecule has 0 saturated carbocycles. The van der Waals surface area contributed by atoms with Gasteiger partial charge in [-0.05, 0) is 18.6 Å². The standard InChI is InChI=1S/C15H23FN2O3/c1-2-8-18-15(20)7-9-17-10-12(19)11-21-14-6-4-3-5-13(14)16/h3-6,12,17,19H,2,7-11H2,1H3,(H,18,20). The van der Waals surface area contributed by atoms with Crippen molar-refractivity contribution in [3.63, 3.8) is 0 Å². The summed E-state index contributed by atoms with van der Waals surface area (Å²) >= 11 is 0. The molecule has 0 aliphatic rings. The molecule has 0 heterocycles. The molecule has 21 heavy (non-hydrogen) atoms. The summed E-state index contributed by atoms with van der Waals surface area (Å²) in [7, 11) is 0. The zero-order valence-electron chi connectivity index (χ0n) is 12.3. The van der Waals surface area contributed by atoms with E-state index < -0.39 is 11.9 Å². The fraction of sp³-hybridized carbons (Fsp3) is 0.533. The number of carbonyl (C=O) groups is 1. The predicted molar refractivity (Wildman–Crippen MR) is 78.7 cm³/mol. The third-order valence-electron chi connectivity index (χ3n) is 2.75. The fourth-order valence-electron chi connectivity index (χ4n) is 1.63. The Balaban J connectivity index is 2.10. The number of halogens is 1. The van der Waals surface area contributed by atoms with Crippen molar-refractivity contribution in [3.8, 4) is 5.75 Å². The molecule has 1 rings (SSSR count). The van der Waals surface area contributed by atoms with Crippen LogP contribution < -0.4 is 15.4 Å². The van der Waals surface area contributed by atoms with E-state index in [0.29, 0.717) is 19.5 Å². The van der Waals surface area contributed by atoms with Crippen LogP contribution in [0.1, 0.15) is 19.8 Å². The molecule has 1 amide bonds. The minimum absolute atomic E-state index is 0.00400. The van der Waals surface area contributed by atoms with E-state index in [1.807, 2.05) is 6.92 Å². The van der Waals surface area contributed by atoms with Crippen molar-refractivity contribution >= 4 is 5.91 Å². The van der Waals surface area contributed by atoms with Gasteiger partial charge in [0.05, 0.1) is 0 Å². The second-order valence-electron chi connectivity index (χ2n) is 4.70. The quantitative estimate of drug-likeness (QED) is 0.565. The zero-order valence-corrected chi connectivity index (χ0v) is 12.3. The van der Waals surface area contributed by atoms with E-state index >= 15 is 0 Å². The highest BCUT2D eigenvalue weighted by molar-refractivity contribution is 5.75. The van der Waals surface area contributed by atoms with Crippen LogP contribution in [0.2, 0.25) is 0 Å². The minimum atomic E-state index is -0.761. The SMILES string of the molecule is CCCNC(=O)CCNCC(O)COc1ccccc1F. The van der Waals surface area contributed by atoms with Crippen LogP contribution in [0.3, 0.4) is 0 Å². The van der Waals surface area contributed by atoms with E-state index in [1.54, 1.807) is 12.1 Å². The van der Waals surface area contributed by atoms with Crippen molar-refractivity contribution in [2.75, 3.05) is 26.2 Å². The molecule has 0 fully saturated rings. The molecule has 0 spiro atoms. The molecule has 1 aromatic rings. The molecule has 1 unspecified atom stereocenters. The van der Waals surface area contributed by atoms with Crippen molar-refractivity contribution in [1.82, 2.24) is 10.6 Å². The van der Waals surface area contributed by atoms with Crippen LogP contribution in [-0.4, -0.2) is 43.4 Å². The number of amides is 1. The topological polar surface area (TPSA) is 70.6 Å². The Morgan fingerprint density at radius 3 is 2.86 bits per heavy atom. The summed E-state index contributed by atoms with van der Waals surface area (Å²) in [6.45, 7) is 3.43. The molecule has 1 aromatic carbocycles. The second-order valence-corrected chi connectivity index (χ2v) is 4.70. The first kappa shape index (κ1) is 17.4. The lowest BCUT2D eigenvalue weighted by Gasteiger charge is -2.13. The van der Waals surface area contributed by atoms with Gasteiger partial charge in [0.25, 0.3) is 0 Å². The average molecular weight is 298 g/mol. The summed E-state index contributed by atoms with van der Waals surface area (Å²) in [6, 6.07) is 6.05. The highest BCUT2D eigenvalue weighted by Crippen LogP contribution is 2.15. The first-order chi connectivity index (χ1) is 10.1. The van der Waals surface area contributed by atoms with Gasteiger partial charge in [-0.2, -0.15) is 0 Å². The molecule has 0 saturated heterocycles. The summed E-state index contributed by atoms with van der Waals surface area (Å²) in [6.07, 6.45) is 0.509. The Morgan fingerprint density at radius 2 is 2.14 bits per heavy atom. The number of hydrogen-bond donors (Lipinski definition) is 3. The lowest BCUT2D eigenvalue weighted by molar-refractivity contribution is -0.121. The largest absolute Gasteiger partial charge is 0.488 e. The van der Waals surface area contributed by atoms with Crippen LogP contribution in [0.25, 0.3) is 0 Å². The molecule has 1 atom stereocenters. The summed E-state index contributed by atoms with van der Waals surface area (Å²) in [5, 5.41) is 15.4. The van der Waals surface area contributed by atoms with Crippen LogP contribution in [0.5, 0.6) is 5.75 Å². The summed E-state index contributed by atoms with van der Waals surface area (Å²) in [4.78, 5) is 11.3. The number of nitrogens with one attached hydrogen (secondary N) is 2. The first-order valence-corrected chi connectivity index (χ1v) is 7.16. The summed E-state index contributed by atoms with van der Waals surface area (Å²) < 4.78 is 18.5. The number of para-hydroxylation sites is 1. The number of aliphatic hydroxyl groups excluding tert-OH is 1. The number of aliphatic hydroxyl groups is 1. The first-order valence-electron chi connectivity index (χ1n) is 7.16. The Bertz CT molecular complexity index is 429. The van der Waals surface area contributed by atoms with E-state index in [2.05, 4.69) is 10.6 Å².